The van der Waals surface area contributed by atoms with Crippen molar-refractivity contribution < 1.29 is 4.79 Å². The lowest BCUT2D eigenvalue weighted by Crippen LogP contribution is -2.61. The highest BCUT2D eigenvalue weighted by atomic mass is 16.2. The first-order valence-corrected chi connectivity index (χ1v) is 10.3. The number of carbonyl (C=O) groups excluding carboxylic acids is 1. The van der Waals surface area contributed by atoms with Crippen molar-refractivity contribution in [2.45, 2.75) is 84.2 Å². The zero-order valence-electron chi connectivity index (χ0n) is 16.1. The van der Waals surface area contributed by atoms with Crippen LogP contribution in [0.15, 0.2) is 0 Å². The van der Waals surface area contributed by atoms with E-state index < -0.39 is 0 Å². The van der Waals surface area contributed by atoms with Crippen molar-refractivity contribution in [3.05, 3.63) is 0 Å². The minimum atomic E-state index is 0.335. The molecule has 2 N–H and O–H groups in total. The number of rotatable bonds is 1. The van der Waals surface area contributed by atoms with Crippen molar-refractivity contribution in [3.63, 3.8) is 0 Å². The highest BCUT2D eigenvalue weighted by Crippen LogP contribution is 2.66. The summed E-state index contributed by atoms with van der Waals surface area (Å²) in [6, 6.07) is 0.817. The van der Waals surface area contributed by atoms with E-state index in [2.05, 4.69) is 32.7 Å². The van der Waals surface area contributed by atoms with E-state index >= 15 is 0 Å². The standard InChI is InChI=1S/C21H36N2O/c1-13(22)15-6-7-16-14-5-8-18-21(3,12-10-19(24)23(18)4)17(14)9-11-20(15,16)2/h13-18H,5-12,22H2,1-4H3. The van der Waals surface area contributed by atoms with Gasteiger partial charge in [-0.25, -0.2) is 0 Å². The Balaban J connectivity index is 1.63. The Morgan fingerprint density at radius 2 is 1.75 bits per heavy atom. The largest absolute Gasteiger partial charge is 0.342 e. The third-order valence-corrected chi connectivity index (χ3v) is 9.27. The van der Waals surface area contributed by atoms with Gasteiger partial charge in [-0.2, -0.15) is 0 Å². The summed E-state index contributed by atoms with van der Waals surface area (Å²) in [7, 11) is 2.05. The molecule has 1 aliphatic heterocycles. The maximum absolute atomic E-state index is 12.2. The SMILES string of the molecule is CC(N)C1CCC2C3CCC4N(C)C(=O)CCC4(C)C3CCC12C. The second-order valence-electron chi connectivity index (χ2n) is 10.1. The molecule has 3 nitrogen and oxygen atoms in total. The van der Waals surface area contributed by atoms with Crippen molar-refractivity contribution >= 4 is 5.91 Å². The molecule has 1 heterocycles. The number of nitrogens with zero attached hydrogens (tertiary/aromatic N) is 1. The average molecular weight is 333 g/mol. The highest BCUT2D eigenvalue weighted by Gasteiger charge is 2.61. The molecule has 0 aromatic carbocycles. The van der Waals surface area contributed by atoms with Crippen molar-refractivity contribution in [1.82, 2.24) is 4.90 Å². The van der Waals surface area contributed by atoms with Gasteiger partial charge in [0.2, 0.25) is 5.91 Å². The van der Waals surface area contributed by atoms with Gasteiger partial charge >= 0.3 is 0 Å². The number of hydrogen-bond donors (Lipinski definition) is 1. The quantitative estimate of drug-likeness (QED) is 0.793. The van der Waals surface area contributed by atoms with Crippen molar-refractivity contribution in [3.8, 4) is 0 Å². The first-order chi connectivity index (χ1) is 11.3. The number of fused-ring (bicyclic) bond motifs is 5. The summed E-state index contributed by atoms with van der Waals surface area (Å²) in [5, 5.41) is 0. The minimum Gasteiger partial charge on any atom is -0.342 e. The molecule has 24 heavy (non-hydrogen) atoms. The van der Waals surface area contributed by atoms with Gasteiger partial charge in [0.25, 0.3) is 0 Å². The van der Waals surface area contributed by atoms with E-state index in [1.54, 1.807) is 0 Å². The van der Waals surface area contributed by atoms with Crippen LogP contribution in [-0.4, -0.2) is 29.9 Å². The van der Waals surface area contributed by atoms with Crippen LogP contribution in [0.1, 0.15) is 72.1 Å². The smallest absolute Gasteiger partial charge is 0.222 e. The number of likely N-dealkylation sites (tertiary alicyclic amines) is 1. The van der Waals surface area contributed by atoms with Gasteiger partial charge in [0.1, 0.15) is 0 Å². The third-order valence-electron chi connectivity index (χ3n) is 9.27. The second-order valence-corrected chi connectivity index (χ2v) is 10.1. The normalized spacial score (nSPS) is 52.5. The van der Waals surface area contributed by atoms with Crippen LogP contribution in [0.25, 0.3) is 0 Å². The van der Waals surface area contributed by atoms with E-state index in [9.17, 15) is 4.79 Å². The molecule has 0 aromatic heterocycles. The van der Waals surface area contributed by atoms with E-state index in [0.717, 1.165) is 30.6 Å². The molecule has 8 unspecified atom stereocenters. The van der Waals surface area contributed by atoms with Gasteiger partial charge in [-0.3, -0.25) is 4.79 Å². The molecule has 1 amide bonds. The topological polar surface area (TPSA) is 46.3 Å². The fourth-order valence-corrected chi connectivity index (χ4v) is 8.05. The van der Waals surface area contributed by atoms with Crippen molar-refractivity contribution in [2.75, 3.05) is 7.05 Å². The van der Waals surface area contributed by atoms with Crippen LogP contribution < -0.4 is 5.73 Å². The zero-order chi connectivity index (χ0) is 17.3. The van der Waals surface area contributed by atoms with E-state index in [4.69, 9.17) is 5.73 Å². The van der Waals surface area contributed by atoms with Gasteiger partial charge in [-0.1, -0.05) is 13.8 Å². The second kappa shape index (κ2) is 5.46. The molecule has 3 saturated carbocycles. The maximum atomic E-state index is 12.2. The van der Waals surface area contributed by atoms with Crippen LogP contribution in [-0.2, 0) is 4.79 Å². The molecule has 0 aromatic rings. The lowest BCUT2D eigenvalue weighted by molar-refractivity contribution is -0.158. The van der Waals surface area contributed by atoms with E-state index in [-0.39, 0.29) is 0 Å². The number of hydrogen-bond acceptors (Lipinski definition) is 2. The van der Waals surface area contributed by atoms with Crippen LogP contribution in [0.2, 0.25) is 0 Å². The Bertz CT molecular complexity index is 532. The van der Waals surface area contributed by atoms with Gasteiger partial charge < -0.3 is 10.6 Å². The predicted molar refractivity (Wildman–Crippen MR) is 97.3 cm³/mol. The molecule has 3 aliphatic carbocycles. The van der Waals surface area contributed by atoms with Crippen LogP contribution in [0.3, 0.4) is 0 Å². The summed E-state index contributed by atoms with van der Waals surface area (Å²) < 4.78 is 0. The zero-order valence-corrected chi connectivity index (χ0v) is 16.1. The van der Waals surface area contributed by atoms with Crippen LogP contribution in [0.5, 0.6) is 0 Å². The molecule has 0 radical (unpaired) electrons. The van der Waals surface area contributed by atoms with Gasteiger partial charge in [-0.15, -0.1) is 0 Å². The van der Waals surface area contributed by atoms with Crippen LogP contribution in [0, 0.1) is 34.5 Å². The Kier molecular flexibility index (Phi) is 3.84. The molecule has 3 heteroatoms. The predicted octanol–water partition coefficient (Wildman–Crippen LogP) is 3.81. The molecular formula is C21H36N2O. The van der Waals surface area contributed by atoms with Gasteiger partial charge in [-0.05, 0) is 86.4 Å². The molecule has 4 aliphatic rings. The summed E-state index contributed by atoms with van der Waals surface area (Å²) >= 11 is 0. The van der Waals surface area contributed by atoms with Gasteiger partial charge in [0, 0.05) is 25.6 Å². The van der Waals surface area contributed by atoms with Crippen molar-refractivity contribution in [1.29, 1.82) is 0 Å². The minimum absolute atomic E-state index is 0.335. The Hall–Kier alpha value is -0.570. The Labute approximate surface area is 147 Å². The average Bonchev–Trinajstić information content (AvgIpc) is 2.89. The van der Waals surface area contributed by atoms with Crippen LogP contribution in [0.4, 0.5) is 0 Å². The van der Waals surface area contributed by atoms with Crippen molar-refractivity contribution in [2.24, 2.45) is 40.2 Å². The molecule has 0 bridgehead atoms. The van der Waals surface area contributed by atoms with E-state index in [1.807, 2.05) is 0 Å². The summed E-state index contributed by atoms with van der Waals surface area (Å²) in [6.45, 7) is 7.29. The summed E-state index contributed by atoms with van der Waals surface area (Å²) in [4.78, 5) is 14.3. The summed E-state index contributed by atoms with van der Waals surface area (Å²) in [6.07, 6.45) is 9.85. The molecule has 4 rings (SSSR count). The monoisotopic (exact) mass is 332 g/mol. The summed E-state index contributed by atoms with van der Waals surface area (Å²) in [5.41, 5.74) is 7.19. The number of amides is 1. The number of nitrogens with two attached hydrogens (primary N) is 1. The molecule has 4 fully saturated rings. The third kappa shape index (κ3) is 2.09. The van der Waals surface area contributed by atoms with Crippen LogP contribution >= 0.6 is 0 Å². The number of piperidine rings is 1. The lowest BCUT2D eigenvalue weighted by Gasteiger charge is -2.62. The first-order valence-electron chi connectivity index (χ1n) is 10.3. The molecule has 8 atom stereocenters. The lowest BCUT2D eigenvalue weighted by atomic mass is 9.46. The molecular weight excluding hydrogens is 296 g/mol. The molecule has 136 valence electrons. The van der Waals surface area contributed by atoms with Gasteiger partial charge in [0.05, 0.1) is 0 Å². The number of carbonyl (C=O) groups is 1. The maximum Gasteiger partial charge on any atom is 0.222 e. The molecule has 0 spiro atoms. The Morgan fingerprint density at radius 1 is 1.04 bits per heavy atom. The Morgan fingerprint density at radius 3 is 2.46 bits per heavy atom. The fraction of sp³-hybridized carbons (Fsp3) is 0.952. The van der Waals surface area contributed by atoms with E-state index in [0.29, 0.717) is 34.7 Å². The fourth-order valence-electron chi connectivity index (χ4n) is 8.05. The highest BCUT2D eigenvalue weighted by molar-refractivity contribution is 5.77. The molecule has 1 saturated heterocycles. The summed E-state index contributed by atoms with van der Waals surface area (Å²) in [5.74, 6) is 3.64. The van der Waals surface area contributed by atoms with E-state index in [1.165, 1.54) is 38.5 Å². The van der Waals surface area contributed by atoms with Gasteiger partial charge in [0.15, 0.2) is 0 Å². The first kappa shape index (κ1) is 16.9.